The number of carbonyl (C=O) groups excluding carboxylic acids is 2. The van der Waals surface area contributed by atoms with Gasteiger partial charge < -0.3 is 23.8 Å². The zero-order valence-electron chi connectivity index (χ0n) is 16.8. The normalized spacial score (nSPS) is 19.5. The maximum Gasteiger partial charge on any atom is 0.410 e. The number of rotatable bonds is 2. The van der Waals surface area contributed by atoms with E-state index in [-0.39, 0.29) is 12.0 Å². The first-order valence-electron chi connectivity index (χ1n) is 9.33. The Bertz CT molecular complexity index is 780. The first-order chi connectivity index (χ1) is 13.1. The van der Waals surface area contributed by atoms with Crippen LogP contribution in [0.5, 0.6) is 11.5 Å². The Morgan fingerprint density at radius 1 is 1.18 bits per heavy atom. The van der Waals surface area contributed by atoms with Crippen LogP contribution in [0.3, 0.4) is 0 Å². The van der Waals surface area contributed by atoms with E-state index >= 15 is 0 Å². The molecule has 0 spiro atoms. The van der Waals surface area contributed by atoms with E-state index in [1.807, 2.05) is 27.7 Å². The molecule has 0 aromatic heterocycles. The summed E-state index contributed by atoms with van der Waals surface area (Å²) in [5.41, 5.74) is 0.630. The van der Waals surface area contributed by atoms with Crippen LogP contribution in [-0.2, 0) is 9.47 Å². The second kappa shape index (κ2) is 7.81. The number of piperidine rings is 1. The van der Waals surface area contributed by atoms with Crippen LogP contribution in [-0.4, -0.2) is 49.1 Å². The van der Waals surface area contributed by atoms with Crippen LogP contribution < -0.4 is 9.47 Å². The predicted octanol–water partition coefficient (Wildman–Crippen LogP) is 4.29. The maximum atomic E-state index is 12.2. The summed E-state index contributed by atoms with van der Waals surface area (Å²) in [6, 6.07) is 1.69. The van der Waals surface area contributed by atoms with Crippen molar-refractivity contribution in [1.82, 2.24) is 4.90 Å². The molecule has 1 atom stereocenters. The third-order valence-corrected chi connectivity index (χ3v) is 5.48. The lowest BCUT2D eigenvalue weighted by atomic mass is 9.96. The fourth-order valence-electron chi connectivity index (χ4n) is 3.40. The van der Waals surface area contributed by atoms with Gasteiger partial charge in [-0.3, -0.25) is 0 Å². The second-order valence-electron chi connectivity index (χ2n) is 8.09. The lowest BCUT2D eigenvalue weighted by Crippen LogP contribution is -2.45. The Labute approximate surface area is 173 Å². The highest BCUT2D eigenvalue weighted by Crippen LogP contribution is 2.47. The number of nitrogens with zero attached hydrogens (tertiary/aromatic N) is 1. The zero-order chi connectivity index (χ0) is 20.6. The highest BCUT2D eigenvalue weighted by Gasteiger charge is 2.38. The third kappa shape index (κ3) is 4.21. The molecular weight excluding hydrogens is 430 g/mol. The van der Waals surface area contributed by atoms with E-state index in [9.17, 15) is 9.59 Å². The Kier molecular flexibility index (Phi) is 5.79. The van der Waals surface area contributed by atoms with E-state index in [1.54, 1.807) is 11.0 Å². The Hall–Kier alpha value is -1.96. The number of halogens is 1. The SMILES string of the molecule is COC(=O)c1cc(Br)c2c(c1C)OC(C1CCN(C(=O)OC(C)(C)C)CC1)O2. The summed E-state index contributed by atoms with van der Waals surface area (Å²) in [6.07, 6.45) is 0.763. The molecule has 7 nitrogen and oxygen atoms in total. The number of carbonyl (C=O) groups is 2. The van der Waals surface area contributed by atoms with Crippen molar-refractivity contribution in [2.45, 2.75) is 52.4 Å². The van der Waals surface area contributed by atoms with E-state index in [0.29, 0.717) is 40.2 Å². The Morgan fingerprint density at radius 2 is 1.79 bits per heavy atom. The van der Waals surface area contributed by atoms with Gasteiger partial charge in [0.15, 0.2) is 11.5 Å². The molecule has 0 saturated carbocycles. The topological polar surface area (TPSA) is 74.3 Å². The van der Waals surface area contributed by atoms with E-state index in [0.717, 1.165) is 12.8 Å². The molecule has 2 heterocycles. The van der Waals surface area contributed by atoms with Gasteiger partial charge in [0, 0.05) is 24.6 Å². The number of hydrogen-bond donors (Lipinski definition) is 0. The summed E-state index contributed by atoms with van der Waals surface area (Å²) in [7, 11) is 1.35. The van der Waals surface area contributed by atoms with Crippen LogP contribution in [0.15, 0.2) is 10.5 Å². The molecule has 0 aliphatic carbocycles. The fraction of sp³-hybridized carbons (Fsp3) is 0.600. The molecular formula is C20H26BrNO6. The monoisotopic (exact) mass is 455 g/mol. The van der Waals surface area contributed by atoms with Gasteiger partial charge in [0.05, 0.1) is 17.1 Å². The van der Waals surface area contributed by atoms with Crippen molar-refractivity contribution < 1.29 is 28.5 Å². The van der Waals surface area contributed by atoms with Gasteiger partial charge in [-0.15, -0.1) is 0 Å². The minimum absolute atomic E-state index is 0.138. The lowest BCUT2D eigenvalue weighted by Gasteiger charge is -2.34. The van der Waals surface area contributed by atoms with Crippen molar-refractivity contribution in [3.05, 3.63) is 21.7 Å². The van der Waals surface area contributed by atoms with Gasteiger partial charge in [-0.05, 0) is 62.5 Å². The summed E-state index contributed by atoms with van der Waals surface area (Å²) in [6.45, 7) is 8.57. The van der Waals surface area contributed by atoms with Crippen molar-refractivity contribution in [2.75, 3.05) is 20.2 Å². The van der Waals surface area contributed by atoms with Crippen molar-refractivity contribution in [2.24, 2.45) is 5.92 Å². The summed E-state index contributed by atoms with van der Waals surface area (Å²) < 4.78 is 23.1. The van der Waals surface area contributed by atoms with E-state index in [2.05, 4.69) is 15.9 Å². The van der Waals surface area contributed by atoms with Crippen LogP contribution in [0.2, 0.25) is 0 Å². The minimum Gasteiger partial charge on any atom is -0.465 e. The summed E-state index contributed by atoms with van der Waals surface area (Å²) >= 11 is 3.46. The molecule has 0 bridgehead atoms. The van der Waals surface area contributed by atoms with E-state index in [4.69, 9.17) is 18.9 Å². The molecule has 1 aromatic carbocycles. The maximum absolute atomic E-state index is 12.2. The van der Waals surface area contributed by atoms with Crippen molar-refractivity contribution >= 4 is 28.0 Å². The molecule has 2 aliphatic heterocycles. The largest absolute Gasteiger partial charge is 0.465 e. The van der Waals surface area contributed by atoms with Crippen LogP contribution in [0.4, 0.5) is 4.79 Å². The smallest absolute Gasteiger partial charge is 0.410 e. The van der Waals surface area contributed by atoms with Crippen LogP contribution in [0, 0.1) is 12.8 Å². The molecule has 0 N–H and O–H groups in total. The van der Waals surface area contributed by atoms with E-state index in [1.165, 1.54) is 7.11 Å². The molecule has 1 unspecified atom stereocenters. The second-order valence-corrected chi connectivity index (χ2v) is 8.94. The van der Waals surface area contributed by atoms with Gasteiger partial charge in [-0.25, -0.2) is 9.59 Å². The van der Waals surface area contributed by atoms with Crippen molar-refractivity contribution in [3.8, 4) is 11.5 Å². The number of fused-ring (bicyclic) bond motifs is 1. The van der Waals surface area contributed by atoms with Crippen molar-refractivity contribution in [3.63, 3.8) is 0 Å². The van der Waals surface area contributed by atoms with Gasteiger partial charge in [-0.2, -0.15) is 0 Å². The highest BCUT2D eigenvalue weighted by atomic mass is 79.9. The first-order valence-corrected chi connectivity index (χ1v) is 10.1. The number of methoxy groups -OCH3 is 1. The van der Waals surface area contributed by atoms with Gasteiger partial charge in [0.2, 0.25) is 6.29 Å². The molecule has 2 aliphatic rings. The third-order valence-electron chi connectivity index (χ3n) is 4.89. The summed E-state index contributed by atoms with van der Waals surface area (Å²) in [5, 5.41) is 0. The zero-order valence-corrected chi connectivity index (χ0v) is 18.4. The van der Waals surface area contributed by atoms with Gasteiger partial charge >= 0.3 is 12.1 Å². The standard InChI is InChI=1S/C20H26BrNO6/c1-11-13(17(23)25-5)10-14(21)16-15(11)26-18(27-16)12-6-8-22(9-7-12)19(24)28-20(2,3)4/h10,12,18H,6-9H2,1-5H3. The number of likely N-dealkylation sites (tertiary alicyclic amines) is 1. The molecule has 1 aromatic rings. The summed E-state index contributed by atoms with van der Waals surface area (Å²) in [4.78, 5) is 25.9. The lowest BCUT2D eigenvalue weighted by molar-refractivity contribution is -0.0339. The first kappa shape index (κ1) is 20.8. The molecule has 3 rings (SSSR count). The van der Waals surface area contributed by atoms with Gasteiger partial charge in [-0.1, -0.05) is 0 Å². The van der Waals surface area contributed by atoms with Crippen LogP contribution in [0.1, 0.15) is 49.5 Å². The van der Waals surface area contributed by atoms with Crippen molar-refractivity contribution in [1.29, 1.82) is 0 Å². The number of ether oxygens (including phenoxy) is 4. The number of hydrogen-bond acceptors (Lipinski definition) is 6. The van der Waals surface area contributed by atoms with Crippen LogP contribution >= 0.6 is 15.9 Å². The van der Waals surface area contributed by atoms with E-state index < -0.39 is 17.9 Å². The Balaban J connectivity index is 1.66. The Morgan fingerprint density at radius 3 is 2.36 bits per heavy atom. The molecule has 28 heavy (non-hydrogen) atoms. The average Bonchev–Trinajstić information content (AvgIpc) is 3.09. The molecule has 1 fully saturated rings. The number of esters is 1. The molecule has 1 saturated heterocycles. The number of amides is 1. The molecule has 1 amide bonds. The molecule has 0 radical (unpaired) electrons. The minimum atomic E-state index is -0.506. The fourth-order valence-corrected chi connectivity index (χ4v) is 3.91. The molecule has 8 heteroatoms. The number of benzene rings is 1. The predicted molar refractivity (Wildman–Crippen MR) is 106 cm³/mol. The highest BCUT2D eigenvalue weighted by molar-refractivity contribution is 9.10. The molecule has 154 valence electrons. The van der Waals surface area contributed by atoms with Crippen LogP contribution in [0.25, 0.3) is 0 Å². The quantitative estimate of drug-likeness (QED) is 0.619. The van der Waals surface area contributed by atoms with Gasteiger partial charge in [0.1, 0.15) is 5.60 Å². The van der Waals surface area contributed by atoms with Gasteiger partial charge in [0.25, 0.3) is 0 Å². The average molecular weight is 456 g/mol. The summed E-state index contributed by atoms with van der Waals surface area (Å²) in [5.74, 6) is 0.886.